The average molecular weight is 315 g/mol. The molecule has 3 rings (SSSR count). The molecule has 0 aromatic carbocycles. The first kappa shape index (κ1) is 15.7. The Hall–Kier alpha value is -2.18. The number of aliphatic hydroxyl groups excluding tert-OH is 1. The van der Waals surface area contributed by atoms with Gasteiger partial charge in [0.1, 0.15) is 11.5 Å². The standard InChI is InChI=1S/C17H21N3O3/c1-12-2-3-15(23-12)9-20-8-14(11-21)16(10-20)19-17(22)13-4-6-18-7-5-13/h2-7,14,16,21H,8-11H2,1H3,(H,19,22)/t14-,16+/m0/s1. The van der Waals surface area contributed by atoms with Gasteiger partial charge in [-0.2, -0.15) is 0 Å². The molecular weight excluding hydrogens is 294 g/mol. The van der Waals surface area contributed by atoms with Crippen LogP contribution in [0.15, 0.2) is 41.1 Å². The molecule has 0 unspecified atom stereocenters. The number of aryl methyl sites for hydroxylation is 1. The molecule has 0 spiro atoms. The molecule has 2 atom stereocenters. The smallest absolute Gasteiger partial charge is 0.251 e. The second-order valence-corrected chi connectivity index (χ2v) is 5.96. The third kappa shape index (κ3) is 3.78. The number of aromatic nitrogens is 1. The van der Waals surface area contributed by atoms with E-state index >= 15 is 0 Å². The zero-order chi connectivity index (χ0) is 16.2. The number of rotatable bonds is 5. The van der Waals surface area contributed by atoms with Gasteiger partial charge in [0.15, 0.2) is 0 Å². The van der Waals surface area contributed by atoms with Crippen LogP contribution in [-0.2, 0) is 6.54 Å². The van der Waals surface area contributed by atoms with Crippen molar-refractivity contribution in [3.63, 3.8) is 0 Å². The maximum absolute atomic E-state index is 12.3. The van der Waals surface area contributed by atoms with Gasteiger partial charge in [0.05, 0.1) is 6.54 Å². The molecule has 6 nitrogen and oxygen atoms in total. The van der Waals surface area contributed by atoms with Gasteiger partial charge in [-0.15, -0.1) is 0 Å². The van der Waals surface area contributed by atoms with Gasteiger partial charge in [-0.05, 0) is 31.2 Å². The number of nitrogens with one attached hydrogen (secondary N) is 1. The fourth-order valence-corrected chi connectivity index (χ4v) is 2.98. The van der Waals surface area contributed by atoms with Crippen molar-refractivity contribution < 1.29 is 14.3 Å². The van der Waals surface area contributed by atoms with Crippen LogP contribution in [0.25, 0.3) is 0 Å². The molecule has 2 N–H and O–H groups in total. The highest BCUT2D eigenvalue weighted by Crippen LogP contribution is 2.20. The molecule has 1 saturated heterocycles. The number of hydrogen-bond donors (Lipinski definition) is 2. The van der Waals surface area contributed by atoms with Crippen LogP contribution in [0.5, 0.6) is 0 Å². The summed E-state index contributed by atoms with van der Waals surface area (Å²) >= 11 is 0. The van der Waals surface area contributed by atoms with Crippen molar-refractivity contribution in [2.45, 2.75) is 19.5 Å². The summed E-state index contributed by atoms with van der Waals surface area (Å²) < 4.78 is 5.60. The number of likely N-dealkylation sites (tertiary alicyclic amines) is 1. The Kier molecular flexibility index (Phi) is 4.73. The van der Waals surface area contributed by atoms with Crippen LogP contribution in [0.2, 0.25) is 0 Å². The van der Waals surface area contributed by atoms with Crippen molar-refractivity contribution in [3.05, 3.63) is 53.7 Å². The summed E-state index contributed by atoms with van der Waals surface area (Å²) in [6, 6.07) is 7.20. The van der Waals surface area contributed by atoms with E-state index in [1.54, 1.807) is 24.5 Å². The lowest BCUT2D eigenvalue weighted by Gasteiger charge is -2.18. The molecule has 3 heterocycles. The SMILES string of the molecule is Cc1ccc(CN2C[C@@H](CO)[C@H](NC(=O)c3ccncc3)C2)o1. The molecule has 2 aromatic rings. The Morgan fingerprint density at radius 1 is 1.35 bits per heavy atom. The van der Waals surface area contributed by atoms with Gasteiger partial charge < -0.3 is 14.8 Å². The third-order valence-electron chi connectivity index (χ3n) is 4.19. The fourth-order valence-electron chi connectivity index (χ4n) is 2.98. The lowest BCUT2D eigenvalue weighted by atomic mass is 10.0. The first-order valence-corrected chi connectivity index (χ1v) is 7.75. The van der Waals surface area contributed by atoms with Crippen LogP contribution in [-0.4, -0.2) is 46.6 Å². The van der Waals surface area contributed by atoms with E-state index in [1.807, 2.05) is 19.1 Å². The monoisotopic (exact) mass is 315 g/mol. The van der Waals surface area contributed by atoms with Crippen molar-refractivity contribution in [1.29, 1.82) is 0 Å². The molecule has 1 fully saturated rings. The van der Waals surface area contributed by atoms with Gasteiger partial charge in [0, 0.05) is 49.6 Å². The van der Waals surface area contributed by atoms with Gasteiger partial charge in [0.25, 0.3) is 5.91 Å². The quantitative estimate of drug-likeness (QED) is 0.867. The largest absolute Gasteiger partial charge is 0.465 e. The molecular formula is C17H21N3O3. The normalized spacial score (nSPS) is 21.5. The summed E-state index contributed by atoms with van der Waals surface area (Å²) in [6.07, 6.45) is 3.19. The Balaban J connectivity index is 1.61. The number of carbonyl (C=O) groups excluding carboxylic acids is 1. The van der Waals surface area contributed by atoms with Crippen molar-refractivity contribution >= 4 is 5.91 Å². The van der Waals surface area contributed by atoms with E-state index in [-0.39, 0.29) is 24.5 Å². The van der Waals surface area contributed by atoms with Crippen molar-refractivity contribution in [2.24, 2.45) is 5.92 Å². The highest BCUT2D eigenvalue weighted by atomic mass is 16.3. The average Bonchev–Trinajstić information content (AvgIpc) is 3.14. The molecule has 1 aliphatic heterocycles. The van der Waals surface area contributed by atoms with Gasteiger partial charge in [-0.3, -0.25) is 14.7 Å². The van der Waals surface area contributed by atoms with Gasteiger partial charge in [-0.1, -0.05) is 0 Å². The number of carbonyl (C=O) groups is 1. The van der Waals surface area contributed by atoms with E-state index in [0.717, 1.165) is 18.1 Å². The van der Waals surface area contributed by atoms with Crippen molar-refractivity contribution in [3.8, 4) is 0 Å². The predicted octanol–water partition coefficient (Wildman–Crippen LogP) is 1.21. The number of nitrogens with zero attached hydrogens (tertiary/aromatic N) is 2. The van der Waals surface area contributed by atoms with E-state index in [1.165, 1.54) is 0 Å². The van der Waals surface area contributed by atoms with Crippen LogP contribution in [0.4, 0.5) is 0 Å². The van der Waals surface area contributed by atoms with Gasteiger partial charge in [-0.25, -0.2) is 0 Å². The Bertz CT molecular complexity index is 656. The van der Waals surface area contributed by atoms with Gasteiger partial charge in [0.2, 0.25) is 0 Å². The van der Waals surface area contributed by atoms with E-state index in [9.17, 15) is 9.90 Å². The zero-order valence-corrected chi connectivity index (χ0v) is 13.1. The van der Waals surface area contributed by atoms with Crippen LogP contribution in [0.3, 0.4) is 0 Å². The summed E-state index contributed by atoms with van der Waals surface area (Å²) in [4.78, 5) is 18.4. The summed E-state index contributed by atoms with van der Waals surface area (Å²) in [5.74, 6) is 1.68. The van der Waals surface area contributed by atoms with E-state index in [2.05, 4.69) is 15.2 Å². The summed E-state index contributed by atoms with van der Waals surface area (Å²) in [5, 5.41) is 12.6. The first-order valence-electron chi connectivity index (χ1n) is 7.75. The van der Waals surface area contributed by atoms with Crippen molar-refractivity contribution in [2.75, 3.05) is 19.7 Å². The predicted molar refractivity (Wildman–Crippen MR) is 84.8 cm³/mol. The number of furan rings is 1. The lowest BCUT2D eigenvalue weighted by molar-refractivity contribution is 0.0921. The lowest BCUT2D eigenvalue weighted by Crippen LogP contribution is -2.41. The summed E-state index contributed by atoms with van der Waals surface area (Å²) in [7, 11) is 0. The second-order valence-electron chi connectivity index (χ2n) is 5.96. The minimum absolute atomic E-state index is 0.0249. The third-order valence-corrected chi connectivity index (χ3v) is 4.19. The number of hydrogen-bond acceptors (Lipinski definition) is 5. The number of amides is 1. The Labute approximate surface area is 135 Å². The maximum atomic E-state index is 12.3. The van der Waals surface area contributed by atoms with E-state index < -0.39 is 0 Å². The van der Waals surface area contributed by atoms with E-state index in [4.69, 9.17) is 4.42 Å². The Morgan fingerprint density at radius 2 is 2.13 bits per heavy atom. The fraction of sp³-hybridized carbons (Fsp3) is 0.412. The highest BCUT2D eigenvalue weighted by Gasteiger charge is 2.33. The summed E-state index contributed by atoms with van der Waals surface area (Å²) in [5.41, 5.74) is 0.580. The van der Waals surface area contributed by atoms with Crippen LogP contribution in [0, 0.1) is 12.8 Å². The van der Waals surface area contributed by atoms with Crippen molar-refractivity contribution in [1.82, 2.24) is 15.2 Å². The molecule has 2 aromatic heterocycles. The zero-order valence-electron chi connectivity index (χ0n) is 13.1. The molecule has 122 valence electrons. The van der Waals surface area contributed by atoms with Crippen LogP contribution in [0.1, 0.15) is 21.9 Å². The molecule has 1 aliphatic rings. The van der Waals surface area contributed by atoms with Crippen LogP contribution >= 0.6 is 0 Å². The molecule has 6 heteroatoms. The molecule has 0 radical (unpaired) electrons. The maximum Gasteiger partial charge on any atom is 0.251 e. The number of aliphatic hydroxyl groups is 1. The molecule has 0 aliphatic carbocycles. The van der Waals surface area contributed by atoms with Crippen LogP contribution < -0.4 is 5.32 Å². The Morgan fingerprint density at radius 3 is 2.78 bits per heavy atom. The minimum Gasteiger partial charge on any atom is -0.465 e. The molecule has 0 saturated carbocycles. The summed E-state index contributed by atoms with van der Waals surface area (Å²) in [6.45, 7) is 4.09. The number of pyridine rings is 1. The highest BCUT2D eigenvalue weighted by molar-refractivity contribution is 5.94. The second kappa shape index (κ2) is 6.93. The molecule has 0 bridgehead atoms. The molecule has 23 heavy (non-hydrogen) atoms. The topological polar surface area (TPSA) is 78.6 Å². The van der Waals surface area contributed by atoms with Gasteiger partial charge >= 0.3 is 0 Å². The van der Waals surface area contributed by atoms with E-state index in [0.29, 0.717) is 18.7 Å². The minimum atomic E-state index is -0.133. The molecule has 1 amide bonds. The first-order chi connectivity index (χ1) is 11.2.